The quantitative estimate of drug-likeness (QED) is 0.708. The molecule has 7 nitrogen and oxygen atoms in total. The van der Waals surface area contributed by atoms with Gasteiger partial charge in [0.2, 0.25) is 11.7 Å². The van der Waals surface area contributed by atoms with Crippen LogP contribution in [-0.2, 0) is 10.7 Å². The molecule has 0 aliphatic carbocycles. The van der Waals surface area contributed by atoms with Crippen molar-refractivity contribution < 1.29 is 31.5 Å². The predicted octanol–water partition coefficient (Wildman–Crippen LogP) is 3.93. The van der Waals surface area contributed by atoms with Gasteiger partial charge in [0.05, 0.1) is 11.9 Å². The first-order chi connectivity index (χ1) is 12.8. The number of carbonyl (C=O) groups is 1. The molecule has 0 aliphatic heterocycles. The highest BCUT2D eigenvalue weighted by atomic mass is 19.4. The van der Waals surface area contributed by atoms with Crippen LogP contribution in [-0.4, -0.2) is 33.6 Å². The number of aromatic nitrogens is 3. The number of aryl methyl sites for hydroxylation is 1. The van der Waals surface area contributed by atoms with Crippen molar-refractivity contribution in [2.45, 2.75) is 32.9 Å². The Morgan fingerprint density at radius 3 is 2.39 bits per heavy atom. The minimum absolute atomic E-state index is 0.0150. The molecule has 152 valence electrons. The second kappa shape index (κ2) is 7.90. The Morgan fingerprint density at radius 1 is 1.14 bits per heavy atom. The molecule has 0 unspecified atom stereocenters. The van der Waals surface area contributed by atoms with Gasteiger partial charge in [0.1, 0.15) is 11.6 Å². The van der Waals surface area contributed by atoms with Gasteiger partial charge in [-0.25, -0.2) is 15.0 Å². The number of anilines is 3. The van der Waals surface area contributed by atoms with Crippen molar-refractivity contribution >= 4 is 23.2 Å². The maximum absolute atomic E-state index is 13.5. The van der Waals surface area contributed by atoms with Crippen LogP contribution in [0.25, 0.3) is 0 Å². The van der Waals surface area contributed by atoms with Crippen molar-refractivity contribution in [2.24, 2.45) is 0 Å². The highest BCUT2D eigenvalue weighted by Gasteiger charge is 2.30. The number of nitrogens with one attached hydrogen (secondary N) is 2. The molecular weight excluding hydrogens is 389 g/mol. The summed E-state index contributed by atoms with van der Waals surface area (Å²) in [5, 5.41) is 4.96. The Hall–Kier alpha value is -3.05. The van der Waals surface area contributed by atoms with Gasteiger partial charge in [0.15, 0.2) is 12.4 Å². The summed E-state index contributed by atoms with van der Waals surface area (Å²) in [4.78, 5) is 22.3. The van der Waals surface area contributed by atoms with Crippen molar-refractivity contribution in [3.8, 4) is 5.75 Å². The minimum Gasteiger partial charge on any atom is -0.480 e. The zero-order valence-electron chi connectivity index (χ0n) is 15.0. The number of pyridine rings is 1. The topological polar surface area (TPSA) is 89.0 Å². The summed E-state index contributed by atoms with van der Waals surface area (Å²) in [6, 6.07) is 2.51. The highest BCUT2D eigenvalue weighted by Crippen LogP contribution is 2.31. The molecule has 2 N–H and O–H groups in total. The Morgan fingerprint density at radius 2 is 1.82 bits per heavy atom. The van der Waals surface area contributed by atoms with Crippen LogP contribution in [0.2, 0.25) is 0 Å². The molecule has 12 heteroatoms. The molecule has 2 aromatic rings. The fourth-order valence-corrected chi connectivity index (χ4v) is 2.03. The van der Waals surface area contributed by atoms with Gasteiger partial charge in [-0.3, -0.25) is 4.79 Å². The molecular formula is C16H16F5N5O2. The van der Waals surface area contributed by atoms with Gasteiger partial charge in [0.25, 0.3) is 0 Å². The monoisotopic (exact) mass is 405 g/mol. The molecule has 0 aromatic carbocycles. The van der Waals surface area contributed by atoms with Crippen LogP contribution in [0, 0.1) is 6.92 Å². The number of halogens is 5. The van der Waals surface area contributed by atoms with E-state index in [0.29, 0.717) is 6.92 Å². The first kappa shape index (κ1) is 21.3. The molecule has 1 amide bonds. The van der Waals surface area contributed by atoms with E-state index in [9.17, 15) is 26.7 Å². The molecule has 0 bridgehead atoms. The van der Waals surface area contributed by atoms with Crippen molar-refractivity contribution in [3.05, 3.63) is 29.8 Å². The van der Waals surface area contributed by atoms with Crippen LogP contribution in [0.5, 0.6) is 5.75 Å². The molecule has 2 rings (SSSR count). The second-order valence-electron chi connectivity index (χ2n) is 5.88. The van der Waals surface area contributed by atoms with Gasteiger partial charge in [-0.2, -0.15) is 22.0 Å². The summed E-state index contributed by atoms with van der Waals surface area (Å²) in [5.41, 5.74) is 0.148. The van der Waals surface area contributed by atoms with Crippen LogP contribution >= 0.6 is 0 Å². The molecule has 0 aliphatic rings. The summed E-state index contributed by atoms with van der Waals surface area (Å²) in [7, 11) is 0. The number of amides is 1. The molecule has 0 saturated heterocycles. The van der Waals surface area contributed by atoms with E-state index >= 15 is 0 Å². The lowest BCUT2D eigenvalue weighted by Gasteiger charge is -2.16. The van der Waals surface area contributed by atoms with Gasteiger partial charge >= 0.3 is 12.1 Å². The zero-order valence-corrected chi connectivity index (χ0v) is 15.0. The standard InChI is InChI=1S/C16H16F5N5O2/c1-8-4-13(26-14(23-8)15(3,17)18)25-10-5-12(24-9(2)27)22-6-11(10)28-7-16(19,20)21/h4-6H,7H2,1-3H3,(H2,22,23,24,25,26,27). The van der Waals surface area contributed by atoms with E-state index in [0.717, 1.165) is 6.20 Å². The average molecular weight is 405 g/mol. The molecule has 0 radical (unpaired) electrons. The van der Waals surface area contributed by atoms with Crippen molar-refractivity contribution in [1.29, 1.82) is 0 Å². The molecule has 28 heavy (non-hydrogen) atoms. The van der Waals surface area contributed by atoms with E-state index in [1.54, 1.807) is 0 Å². The second-order valence-corrected chi connectivity index (χ2v) is 5.88. The molecule has 2 aromatic heterocycles. The summed E-state index contributed by atoms with van der Waals surface area (Å²) >= 11 is 0. The summed E-state index contributed by atoms with van der Waals surface area (Å²) in [5.74, 6) is -4.94. The lowest BCUT2D eigenvalue weighted by Crippen LogP contribution is -2.20. The zero-order chi connectivity index (χ0) is 21.1. The first-order valence-corrected chi connectivity index (χ1v) is 7.81. The maximum atomic E-state index is 13.5. The third-order valence-corrected chi connectivity index (χ3v) is 3.07. The fourth-order valence-electron chi connectivity index (χ4n) is 2.03. The van der Waals surface area contributed by atoms with E-state index in [1.807, 2.05) is 0 Å². The van der Waals surface area contributed by atoms with Crippen LogP contribution in [0.3, 0.4) is 0 Å². The van der Waals surface area contributed by atoms with Crippen molar-refractivity contribution in [3.63, 3.8) is 0 Å². The average Bonchev–Trinajstić information content (AvgIpc) is 2.51. The van der Waals surface area contributed by atoms with E-state index in [1.165, 1.54) is 26.0 Å². The van der Waals surface area contributed by atoms with E-state index < -0.39 is 30.4 Å². The fraction of sp³-hybridized carbons (Fsp3) is 0.375. The van der Waals surface area contributed by atoms with Crippen LogP contribution in [0.15, 0.2) is 18.3 Å². The third kappa shape index (κ3) is 6.28. The minimum atomic E-state index is -4.60. The van der Waals surface area contributed by atoms with Crippen LogP contribution in [0.1, 0.15) is 25.4 Å². The Kier molecular flexibility index (Phi) is 6.00. The van der Waals surface area contributed by atoms with Gasteiger partial charge in [-0.15, -0.1) is 0 Å². The van der Waals surface area contributed by atoms with Gasteiger partial charge in [-0.05, 0) is 6.92 Å². The molecule has 0 saturated carbocycles. The molecule has 0 spiro atoms. The lowest BCUT2D eigenvalue weighted by atomic mass is 10.3. The van der Waals surface area contributed by atoms with Crippen LogP contribution in [0.4, 0.5) is 39.3 Å². The Balaban J connectivity index is 2.40. The van der Waals surface area contributed by atoms with Crippen molar-refractivity contribution in [1.82, 2.24) is 15.0 Å². The first-order valence-electron chi connectivity index (χ1n) is 7.81. The summed E-state index contributed by atoms with van der Waals surface area (Å²) < 4.78 is 69.2. The maximum Gasteiger partial charge on any atom is 0.422 e. The Labute approximate surface area is 156 Å². The van der Waals surface area contributed by atoms with E-state index in [2.05, 4.69) is 25.6 Å². The number of carbonyl (C=O) groups excluding carboxylic acids is 1. The number of hydrogen-bond acceptors (Lipinski definition) is 6. The molecule has 0 fully saturated rings. The smallest absolute Gasteiger partial charge is 0.422 e. The largest absolute Gasteiger partial charge is 0.480 e. The lowest BCUT2D eigenvalue weighted by molar-refractivity contribution is -0.153. The van der Waals surface area contributed by atoms with Gasteiger partial charge < -0.3 is 15.4 Å². The summed E-state index contributed by atoms with van der Waals surface area (Å²) in [6.45, 7) is 1.69. The van der Waals surface area contributed by atoms with E-state index in [4.69, 9.17) is 4.74 Å². The molecule has 2 heterocycles. The number of hydrogen-bond donors (Lipinski definition) is 2. The molecule has 0 atom stereocenters. The number of nitrogens with zero attached hydrogens (tertiary/aromatic N) is 3. The van der Waals surface area contributed by atoms with Crippen LogP contribution < -0.4 is 15.4 Å². The summed E-state index contributed by atoms with van der Waals surface area (Å²) in [6.07, 6.45) is -3.64. The number of ether oxygens (including phenoxy) is 1. The van der Waals surface area contributed by atoms with E-state index in [-0.39, 0.29) is 28.8 Å². The normalized spacial score (nSPS) is 11.9. The SMILES string of the molecule is CC(=O)Nc1cc(Nc2cc(C)nc(C(C)(F)F)n2)c(OCC(F)(F)F)cn1. The number of rotatable bonds is 6. The highest BCUT2D eigenvalue weighted by molar-refractivity contribution is 5.88. The van der Waals surface area contributed by atoms with Gasteiger partial charge in [-0.1, -0.05) is 0 Å². The third-order valence-electron chi connectivity index (χ3n) is 3.07. The van der Waals surface area contributed by atoms with Gasteiger partial charge in [0, 0.05) is 31.7 Å². The predicted molar refractivity (Wildman–Crippen MR) is 89.7 cm³/mol. The Bertz CT molecular complexity index is 867. The number of alkyl halides is 5. The van der Waals surface area contributed by atoms with Crippen molar-refractivity contribution in [2.75, 3.05) is 17.2 Å².